The van der Waals surface area contributed by atoms with Gasteiger partial charge < -0.3 is 15.2 Å². The monoisotopic (exact) mass is 392 g/mol. The molecule has 7 heteroatoms. The Bertz CT molecular complexity index is 693. The molecule has 1 aliphatic rings. The molecule has 28 heavy (non-hydrogen) atoms. The van der Waals surface area contributed by atoms with E-state index in [1.54, 1.807) is 26.0 Å². The van der Waals surface area contributed by atoms with Crippen molar-refractivity contribution in [3.05, 3.63) is 33.9 Å². The minimum atomic E-state index is -1.01. The van der Waals surface area contributed by atoms with Crippen LogP contribution in [0.1, 0.15) is 70.8 Å². The van der Waals surface area contributed by atoms with Gasteiger partial charge >= 0.3 is 5.97 Å². The number of rotatable bonds is 8. The van der Waals surface area contributed by atoms with Crippen LogP contribution in [0.4, 0.5) is 11.4 Å². The smallest absolute Gasteiger partial charge is 0.306 e. The Balaban J connectivity index is 2.29. The van der Waals surface area contributed by atoms with Crippen molar-refractivity contribution in [2.75, 3.05) is 12.4 Å². The fourth-order valence-electron chi connectivity index (χ4n) is 4.09. The Morgan fingerprint density at radius 3 is 2.54 bits per heavy atom. The summed E-state index contributed by atoms with van der Waals surface area (Å²) in [6.45, 7) is 5.33. The largest absolute Gasteiger partial charge is 0.469 e. The number of nitrogens with zero attached hydrogens (tertiary/aromatic N) is 1. The van der Waals surface area contributed by atoms with Crippen LogP contribution in [-0.4, -0.2) is 34.8 Å². The molecule has 1 aromatic rings. The summed E-state index contributed by atoms with van der Waals surface area (Å²) in [6.07, 6.45) is 5.60. The van der Waals surface area contributed by atoms with E-state index in [0.29, 0.717) is 11.3 Å². The highest BCUT2D eigenvalue weighted by Gasteiger charge is 2.36. The van der Waals surface area contributed by atoms with Crippen molar-refractivity contribution in [3.8, 4) is 0 Å². The van der Waals surface area contributed by atoms with Gasteiger partial charge in [0.15, 0.2) is 0 Å². The summed E-state index contributed by atoms with van der Waals surface area (Å²) >= 11 is 0. The lowest BCUT2D eigenvalue weighted by atomic mass is 9.77. The number of carbonyl (C=O) groups is 1. The number of anilines is 1. The van der Waals surface area contributed by atoms with E-state index in [1.807, 2.05) is 6.92 Å². The molecule has 0 aromatic heterocycles. The molecule has 0 spiro atoms. The van der Waals surface area contributed by atoms with Crippen molar-refractivity contribution in [2.24, 2.45) is 5.92 Å². The summed E-state index contributed by atoms with van der Waals surface area (Å²) in [5, 5.41) is 25.7. The maximum Gasteiger partial charge on any atom is 0.306 e. The number of carbonyl (C=O) groups excluding carboxylic acids is 1. The lowest BCUT2D eigenvalue weighted by Crippen LogP contribution is -2.47. The number of ether oxygens (including phenoxy) is 1. The zero-order chi connectivity index (χ0) is 20.9. The van der Waals surface area contributed by atoms with Gasteiger partial charge in [0.2, 0.25) is 0 Å². The molecule has 0 radical (unpaired) electrons. The van der Waals surface area contributed by atoms with E-state index < -0.39 is 10.5 Å². The van der Waals surface area contributed by atoms with E-state index in [1.165, 1.54) is 19.6 Å². The third-order valence-electron chi connectivity index (χ3n) is 5.68. The molecule has 2 unspecified atom stereocenters. The van der Waals surface area contributed by atoms with Crippen LogP contribution in [0.2, 0.25) is 0 Å². The Morgan fingerprint density at radius 2 is 2.00 bits per heavy atom. The van der Waals surface area contributed by atoms with E-state index in [0.717, 1.165) is 25.7 Å². The van der Waals surface area contributed by atoms with Gasteiger partial charge in [0.1, 0.15) is 5.69 Å². The van der Waals surface area contributed by atoms with Crippen LogP contribution < -0.4 is 5.32 Å². The molecule has 0 bridgehead atoms. The summed E-state index contributed by atoms with van der Waals surface area (Å²) in [6, 6.07) is 4.72. The molecule has 0 heterocycles. The SMILES string of the molecule is COC(=O)CC(C)c1ccc(NC(C2CCCCC2)C(C)(C)O)c([N+](=O)[O-])c1. The minimum Gasteiger partial charge on any atom is -0.469 e. The van der Waals surface area contributed by atoms with Gasteiger partial charge in [0, 0.05) is 6.07 Å². The van der Waals surface area contributed by atoms with Gasteiger partial charge in [-0.1, -0.05) is 32.3 Å². The van der Waals surface area contributed by atoms with Crippen LogP contribution in [0, 0.1) is 16.0 Å². The van der Waals surface area contributed by atoms with Crippen molar-refractivity contribution in [2.45, 2.75) is 76.9 Å². The van der Waals surface area contributed by atoms with Crippen LogP contribution in [0.3, 0.4) is 0 Å². The lowest BCUT2D eigenvalue weighted by Gasteiger charge is -2.39. The Morgan fingerprint density at radius 1 is 1.36 bits per heavy atom. The quantitative estimate of drug-likeness (QED) is 0.386. The number of nitrogens with one attached hydrogen (secondary N) is 1. The van der Waals surface area contributed by atoms with E-state index in [2.05, 4.69) is 10.1 Å². The molecular formula is C21H32N2O5. The predicted octanol–water partition coefficient (Wildman–Crippen LogP) is 4.39. The average Bonchev–Trinajstić information content (AvgIpc) is 2.65. The molecule has 0 amide bonds. The van der Waals surface area contributed by atoms with Gasteiger partial charge in [-0.15, -0.1) is 0 Å². The van der Waals surface area contributed by atoms with Crippen molar-refractivity contribution < 1.29 is 19.6 Å². The van der Waals surface area contributed by atoms with E-state index in [9.17, 15) is 20.0 Å². The van der Waals surface area contributed by atoms with Crippen LogP contribution in [-0.2, 0) is 9.53 Å². The number of esters is 1. The third kappa shape index (κ3) is 5.67. The molecule has 2 N–H and O–H groups in total. The second kappa shape index (κ2) is 9.37. The summed E-state index contributed by atoms with van der Waals surface area (Å²) in [5.41, 5.74) is 0.0586. The molecule has 156 valence electrons. The minimum absolute atomic E-state index is 0.0423. The van der Waals surface area contributed by atoms with Gasteiger partial charge in [-0.3, -0.25) is 14.9 Å². The highest BCUT2D eigenvalue weighted by atomic mass is 16.6. The topological polar surface area (TPSA) is 102 Å². The Kier molecular flexibility index (Phi) is 7.41. The molecule has 2 atom stereocenters. The first-order valence-corrected chi connectivity index (χ1v) is 9.97. The summed E-state index contributed by atoms with van der Waals surface area (Å²) in [5.74, 6) is -0.272. The van der Waals surface area contributed by atoms with E-state index >= 15 is 0 Å². The van der Waals surface area contributed by atoms with Crippen molar-refractivity contribution in [1.82, 2.24) is 0 Å². The number of hydrogen-bond acceptors (Lipinski definition) is 6. The molecule has 1 aliphatic carbocycles. The third-order valence-corrected chi connectivity index (χ3v) is 5.68. The highest BCUT2D eigenvalue weighted by molar-refractivity contribution is 5.71. The number of methoxy groups -OCH3 is 1. The average molecular weight is 392 g/mol. The molecule has 2 rings (SSSR count). The van der Waals surface area contributed by atoms with Crippen LogP contribution in [0.15, 0.2) is 18.2 Å². The van der Waals surface area contributed by atoms with Gasteiger partial charge in [0.25, 0.3) is 5.69 Å². The van der Waals surface area contributed by atoms with Crippen LogP contribution >= 0.6 is 0 Å². The summed E-state index contributed by atoms with van der Waals surface area (Å²) in [4.78, 5) is 22.8. The predicted molar refractivity (Wildman–Crippen MR) is 108 cm³/mol. The molecule has 1 fully saturated rings. The number of benzene rings is 1. The number of nitro groups is 1. The first kappa shape index (κ1) is 22.1. The van der Waals surface area contributed by atoms with Gasteiger partial charge in [-0.2, -0.15) is 0 Å². The number of aliphatic hydroxyl groups is 1. The zero-order valence-electron chi connectivity index (χ0n) is 17.2. The van der Waals surface area contributed by atoms with Crippen molar-refractivity contribution in [3.63, 3.8) is 0 Å². The second-order valence-electron chi connectivity index (χ2n) is 8.39. The van der Waals surface area contributed by atoms with E-state index in [-0.39, 0.29) is 36.0 Å². The second-order valence-corrected chi connectivity index (χ2v) is 8.39. The fraction of sp³-hybridized carbons (Fsp3) is 0.667. The molecule has 0 saturated heterocycles. The summed E-state index contributed by atoms with van der Waals surface area (Å²) < 4.78 is 4.69. The molecule has 1 saturated carbocycles. The van der Waals surface area contributed by atoms with E-state index in [4.69, 9.17) is 0 Å². The maximum atomic E-state index is 11.7. The van der Waals surface area contributed by atoms with Crippen molar-refractivity contribution in [1.29, 1.82) is 0 Å². The Hall–Kier alpha value is -2.15. The van der Waals surface area contributed by atoms with Gasteiger partial charge in [-0.25, -0.2) is 0 Å². The standard InChI is InChI=1S/C21H32N2O5/c1-14(12-19(24)28-4)16-10-11-17(18(13-16)23(26)27)22-20(21(2,3)25)15-8-6-5-7-9-15/h10-11,13-15,20,22,25H,5-9,12H2,1-4H3. The molecule has 0 aliphatic heterocycles. The number of nitro benzene ring substituents is 1. The Labute approximate surface area is 166 Å². The normalized spacial score (nSPS) is 17.6. The lowest BCUT2D eigenvalue weighted by molar-refractivity contribution is -0.384. The van der Waals surface area contributed by atoms with Crippen molar-refractivity contribution >= 4 is 17.3 Å². The molecule has 1 aromatic carbocycles. The first-order valence-electron chi connectivity index (χ1n) is 9.97. The number of hydrogen-bond donors (Lipinski definition) is 2. The molecular weight excluding hydrogens is 360 g/mol. The van der Waals surface area contributed by atoms with Gasteiger partial charge in [0.05, 0.1) is 30.1 Å². The van der Waals surface area contributed by atoms with Crippen LogP contribution in [0.25, 0.3) is 0 Å². The molecule has 7 nitrogen and oxygen atoms in total. The first-order chi connectivity index (χ1) is 13.1. The highest BCUT2D eigenvalue weighted by Crippen LogP contribution is 2.36. The summed E-state index contributed by atoms with van der Waals surface area (Å²) in [7, 11) is 1.33. The van der Waals surface area contributed by atoms with Gasteiger partial charge in [-0.05, 0) is 50.2 Å². The van der Waals surface area contributed by atoms with Crippen LogP contribution in [0.5, 0.6) is 0 Å². The maximum absolute atomic E-state index is 11.7. The fourth-order valence-corrected chi connectivity index (χ4v) is 4.09. The zero-order valence-corrected chi connectivity index (χ0v) is 17.2.